The molecule has 2 aromatic rings. The van der Waals surface area contributed by atoms with Crippen LogP contribution in [0.4, 0.5) is 0 Å². The molecule has 0 fully saturated rings. The lowest BCUT2D eigenvalue weighted by Crippen LogP contribution is -2.02. The lowest BCUT2D eigenvalue weighted by molar-refractivity contribution is 0.217. The van der Waals surface area contributed by atoms with Crippen molar-refractivity contribution in [3.63, 3.8) is 0 Å². The van der Waals surface area contributed by atoms with Crippen LogP contribution in [0.2, 0.25) is 5.02 Å². The number of benzene rings is 1. The molecule has 0 aliphatic rings. The van der Waals surface area contributed by atoms with Crippen molar-refractivity contribution in [1.29, 1.82) is 0 Å². The van der Waals surface area contributed by atoms with Crippen LogP contribution >= 0.6 is 22.9 Å². The lowest BCUT2D eigenvalue weighted by atomic mass is 10.1. The van der Waals surface area contributed by atoms with E-state index < -0.39 is 6.10 Å². The Hall–Kier alpha value is -1.10. The maximum Gasteiger partial charge on any atom is 0.125 e. The second kappa shape index (κ2) is 5.26. The van der Waals surface area contributed by atoms with Crippen LogP contribution in [0.1, 0.15) is 27.2 Å². The zero-order valence-corrected chi connectivity index (χ0v) is 12.0. The molecular formula is C13H14ClNO2S. The normalized spacial score (nSPS) is 12.5. The highest BCUT2D eigenvalue weighted by molar-refractivity contribution is 7.11. The van der Waals surface area contributed by atoms with Crippen molar-refractivity contribution < 1.29 is 9.84 Å². The summed E-state index contributed by atoms with van der Waals surface area (Å²) in [6.07, 6.45) is -0.759. The number of ether oxygens (including phenoxy) is 1. The van der Waals surface area contributed by atoms with Crippen LogP contribution in [0.25, 0.3) is 0 Å². The fraction of sp³-hybridized carbons (Fsp3) is 0.308. The number of aliphatic hydroxyl groups is 1. The lowest BCUT2D eigenvalue weighted by Gasteiger charge is -2.14. The first-order valence-corrected chi connectivity index (χ1v) is 6.67. The summed E-state index contributed by atoms with van der Waals surface area (Å²) in [7, 11) is 1.57. The van der Waals surface area contributed by atoms with Crippen molar-refractivity contribution in [1.82, 2.24) is 4.98 Å². The molecule has 18 heavy (non-hydrogen) atoms. The summed E-state index contributed by atoms with van der Waals surface area (Å²) in [4.78, 5) is 5.15. The van der Waals surface area contributed by atoms with E-state index >= 15 is 0 Å². The standard InChI is InChI=1S/C13H14ClNO2S/c1-7-13(18-8(2)15-7)12(16)10-6-9(14)4-5-11(10)17-3/h4-6,12,16H,1-3H3. The van der Waals surface area contributed by atoms with E-state index in [1.54, 1.807) is 25.3 Å². The van der Waals surface area contributed by atoms with Gasteiger partial charge in [-0.05, 0) is 32.0 Å². The van der Waals surface area contributed by atoms with Gasteiger partial charge < -0.3 is 9.84 Å². The van der Waals surface area contributed by atoms with Crippen LogP contribution in [-0.2, 0) is 0 Å². The first kappa shape index (κ1) is 13.3. The van der Waals surface area contributed by atoms with E-state index in [1.165, 1.54) is 11.3 Å². The number of hydrogen-bond donors (Lipinski definition) is 1. The summed E-state index contributed by atoms with van der Waals surface area (Å²) in [5.74, 6) is 0.623. The van der Waals surface area contributed by atoms with Crippen molar-refractivity contribution >= 4 is 22.9 Å². The van der Waals surface area contributed by atoms with Gasteiger partial charge in [-0.1, -0.05) is 11.6 Å². The summed E-state index contributed by atoms with van der Waals surface area (Å²) in [6.45, 7) is 3.81. The fourth-order valence-corrected chi connectivity index (χ4v) is 2.97. The van der Waals surface area contributed by atoms with Crippen molar-refractivity contribution in [2.75, 3.05) is 7.11 Å². The van der Waals surface area contributed by atoms with E-state index in [4.69, 9.17) is 16.3 Å². The first-order chi connectivity index (χ1) is 8.52. The fourth-order valence-electron chi connectivity index (χ4n) is 1.86. The Morgan fingerprint density at radius 1 is 1.39 bits per heavy atom. The van der Waals surface area contributed by atoms with Gasteiger partial charge in [0, 0.05) is 10.6 Å². The van der Waals surface area contributed by atoms with E-state index in [0.717, 1.165) is 15.6 Å². The smallest absolute Gasteiger partial charge is 0.125 e. The highest BCUT2D eigenvalue weighted by atomic mass is 35.5. The van der Waals surface area contributed by atoms with Crippen LogP contribution in [0.3, 0.4) is 0 Å². The van der Waals surface area contributed by atoms with Crippen LogP contribution in [0.5, 0.6) is 5.75 Å². The minimum atomic E-state index is -0.759. The summed E-state index contributed by atoms with van der Waals surface area (Å²) in [5, 5.41) is 12.0. The molecule has 1 aromatic heterocycles. The molecule has 1 aromatic carbocycles. The molecular weight excluding hydrogens is 270 g/mol. The minimum absolute atomic E-state index is 0.573. The number of methoxy groups -OCH3 is 1. The van der Waals surface area contributed by atoms with Gasteiger partial charge in [0.2, 0.25) is 0 Å². The molecule has 0 bridgehead atoms. The van der Waals surface area contributed by atoms with Gasteiger partial charge in [0.05, 0.1) is 22.7 Å². The molecule has 1 unspecified atom stereocenters. The van der Waals surface area contributed by atoms with E-state index in [2.05, 4.69) is 4.98 Å². The van der Waals surface area contributed by atoms with Crippen LogP contribution in [0, 0.1) is 13.8 Å². The van der Waals surface area contributed by atoms with Gasteiger partial charge in [0.1, 0.15) is 11.9 Å². The van der Waals surface area contributed by atoms with E-state index in [9.17, 15) is 5.11 Å². The van der Waals surface area contributed by atoms with Gasteiger partial charge >= 0.3 is 0 Å². The minimum Gasteiger partial charge on any atom is -0.496 e. The van der Waals surface area contributed by atoms with Gasteiger partial charge in [-0.15, -0.1) is 11.3 Å². The number of aromatic nitrogens is 1. The monoisotopic (exact) mass is 283 g/mol. The third kappa shape index (κ3) is 2.51. The van der Waals surface area contributed by atoms with Gasteiger partial charge in [-0.25, -0.2) is 4.98 Å². The van der Waals surface area contributed by atoms with Crippen molar-refractivity contribution in [3.8, 4) is 5.75 Å². The van der Waals surface area contributed by atoms with Crippen molar-refractivity contribution in [3.05, 3.63) is 44.4 Å². The summed E-state index contributed by atoms with van der Waals surface area (Å²) in [6, 6.07) is 5.21. The highest BCUT2D eigenvalue weighted by Crippen LogP contribution is 2.35. The molecule has 0 amide bonds. The Kier molecular flexibility index (Phi) is 3.90. The quantitative estimate of drug-likeness (QED) is 0.937. The van der Waals surface area contributed by atoms with Crippen LogP contribution < -0.4 is 4.74 Å². The number of thiazole rings is 1. The maximum atomic E-state index is 10.5. The molecule has 0 saturated carbocycles. The number of aryl methyl sites for hydroxylation is 2. The highest BCUT2D eigenvalue weighted by Gasteiger charge is 2.20. The van der Waals surface area contributed by atoms with Crippen molar-refractivity contribution in [2.45, 2.75) is 20.0 Å². The van der Waals surface area contributed by atoms with Crippen molar-refractivity contribution in [2.24, 2.45) is 0 Å². The molecule has 1 N–H and O–H groups in total. The van der Waals surface area contributed by atoms with Crippen LogP contribution in [-0.4, -0.2) is 17.2 Å². The zero-order chi connectivity index (χ0) is 13.3. The van der Waals surface area contributed by atoms with E-state index in [1.807, 2.05) is 13.8 Å². The number of nitrogens with zero attached hydrogens (tertiary/aromatic N) is 1. The summed E-state index contributed by atoms with van der Waals surface area (Å²) in [5.41, 5.74) is 1.50. The molecule has 0 radical (unpaired) electrons. The number of halogens is 1. The Labute approximate surface area is 115 Å². The molecule has 96 valence electrons. The predicted octanol–water partition coefficient (Wildman–Crippen LogP) is 3.50. The van der Waals surface area contributed by atoms with Gasteiger partial charge in [-0.2, -0.15) is 0 Å². The molecule has 0 spiro atoms. The SMILES string of the molecule is COc1ccc(Cl)cc1C(O)c1sc(C)nc1C. The molecule has 1 atom stereocenters. The van der Waals surface area contributed by atoms with E-state index in [-0.39, 0.29) is 0 Å². The predicted molar refractivity (Wildman–Crippen MR) is 73.7 cm³/mol. The number of aliphatic hydroxyl groups excluding tert-OH is 1. The average molecular weight is 284 g/mol. The molecule has 1 heterocycles. The second-order valence-corrected chi connectivity index (χ2v) is 5.64. The molecule has 0 aliphatic carbocycles. The molecule has 0 saturated heterocycles. The Balaban J connectivity index is 2.48. The Bertz CT molecular complexity index is 568. The van der Waals surface area contributed by atoms with Gasteiger partial charge in [0.15, 0.2) is 0 Å². The van der Waals surface area contributed by atoms with Gasteiger partial charge in [0.25, 0.3) is 0 Å². The average Bonchev–Trinajstić information content (AvgIpc) is 2.67. The Morgan fingerprint density at radius 2 is 2.11 bits per heavy atom. The maximum absolute atomic E-state index is 10.5. The number of hydrogen-bond acceptors (Lipinski definition) is 4. The molecule has 2 rings (SSSR count). The van der Waals surface area contributed by atoms with Gasteiger partial charge in [-0.3, -0.25) is 0 Å². The Morgan fingerprint density at radius 3 is 2.67 bits per heavy atom. The summed E-state index contributed by atoms with van der Waals surface area (Å²) >= 11 is 7.45. The molecule has 5 heteroatoms. The zero-order valence-electron chi connectivity index (χ0n) is 10.4. The topological polar surface area (TPSA) is 42.4 Å². The third-order valence-electron chi connectivity index (χ3n) is 2.67. The summed E-state index contributed by atoms with van der Waals surface area (Å²) < 4.78 is 5.26. The van der Waals surface area contributed by atoms with Crippen LogP contribution in [0.15, 0.2) is 18.2 Å². The molecule has 3 nitrogen and oxygen atoms in total. The largest absolute Gasteiger partial charge is 0.496 e. The second-order valence-electron chi connectivity index (χ2n) is 3.97. The molecule has 0 aliphatic heterocycles. The van der Waals surface area contributed by atoms with E-state index in [0.29, 0.717) is 16.3 Å². The third-order valence-corrected chi connectivity index (χ3v) is 4.03. The first-order valence-electron chi connectivity index (χ1n) is 5.48. The number of rotatable bonds is 3.